The molecule has 156 valence electrons. The number of aliphatic hydroxyl groups excluding tert-OH is 1. The van der Waals surface area contributed by atoms with Crippen molar-refractivity contribution in [1.29, 1.82) is 0 Å². The molecule has 1 aromatic rings. The predicted molar refractivity (Wildman–Crippen MR) is 78.0 cm³/mol. The molecule has 1 aliphatic carbocycles. The van der Waals surface area contributed by atoms with Crippen molar-refractivity contribution in [3.05, 3.63) is 46.3 Å². The maximum atomic E-state index is 13.8. The Labute approximate surface area is 153 Å². The number of ether oxygens (including phenoxy) is 1. The summed E-state index contributed by atoms with van der Waals surface area (Å²) in [6.45, 7) is 0.127. The fourth-order valence-corrected chi connectivity index (χ4v) is 2.91. The first kappa shape index (κ1) is 22.1. The van der Waals surface area contributed by atoms with Crippen LogP contribution in [0.5, 0.6) is 0 Å². The van der Waals surface area contributed by atoms with Crippen molar-refractivity contribution in [1.82, 2.24) is 0 Å². The molecule has 1 N–H and O–H groups in total. The molecule has 1 aliphatic rings. The van der Waals surface area contributed by atoms with Gasteiger partial charge in [-0.3, -0.25) is 4.79 Å². The SMILES string of the molecule is CC1(C)[C@H](C(=O)OCc2c(F)c(F)c(CO)c(F)c2F)[C@@H]1C=C(F)C(F)(F)F. The lowest BCUT2D eigenvalue weighted by Gasteiger charge is -2.11. The van der Waals surface area contributed by atoms with Crippen LogP contribution in [0.3, 0.4) is 0 Å². The Bertz CT molecular complexity index is 800. The van der Waals surface area contributed by atoms with Crippen LogP contribution in [-0.2, 0) is 22.7 Å². The summed E-state index contributed by atoms with van der Waals surface area (Å²) in [6, 6.07) is 0. The van der Waals surface area contributed by atoms with Crippen LogP contribution in [0.1, 0.15) is 25.0 Å². The van der Waals surface area contributed by atoms with Gasteiger partial charge in [0.05, 0.1) is 23.7 Å². The fraction of sp³-hybridized carbons (Fsp3) is 0.471. The van der Waals surface area contributed by atoms with Crippen LogP contribution in [0.4, 0.5) is 35.1 Å². The van der Waals surface area contributed by atoms with Gasteiger partial charge in [0.15, 0.2) is 29.1 Å². The summed E-state index contributed by atoms with van der Waals surface area (Å²) in [4.78, 5) is 12.0. The summed E-state index contributed by atoms with van der Waals surface area (Å²) in [5.74, 6) is -13.6. The van der Waals surface area contributed by atoms with E-state index in [-0.39, 0.29) is 6.08 Å². The number of halogens is 8. The molecule has 3 nitrogen and oxygen atoms in total. The lowest BCUT2D eigenvalue weighted by Crippen LogP contribution is -2.15. The van der Waals surface area contributed by atoms with Gasteiger partial charge < -0.3 is 9.84 Å². The molecule has 28 heavy (non-hydrogen) atoms. The minimum atomic E-state index is -5.23. The highest BCUT2D eigenvalue weighted by Gasteiger charge is 2.62. The Balaban J connectivity index is 2.18. The van der Waals surface area contributed by atoms with Gasteiger partial charge in [-0.05, 0) is 17.4 Å². The molecular formula is C17H14F8O3. The van der Waals surface area contributed by atoms with E-state index < -0.39 is 82.8 Å². The Morgan fingerprint density at radius 2 is 1.54 bits per heavy atom. The van der Waals surface area contributed by atoms with Crippen molar-refractivity contribution < 1.29 is 49.8 Å². The molecule has 1 aromatic carbocycles. The molecule has 0 bridgehead atoms. The maximum Gasteiger partial charge on any atom is 0.442 e. The molecule has 2 rings (SSSR count). The molecule has 1 fully saturated rings. The Morgan fingerprint density at radius 1 is 1.07 bits per heavy atom. The van der Waals surface area contributed by atoms with E-state index in [2.05, 4.69) is 4.74 Å². The van der Waals surface area contributed by atoms with Crippen LogP contribution >= 0.6 is 0 Å². The number of hydrogen-bond acceptors (Lipinski definition) is 3. The number of carbonyl (C=O) groups excluding carboxylic acids is 1. The average molecular weight is 418 g/mol. The zero-order valence-corrected chi connectivity index (χ0v) is 14.4. The molecule has 1 saturated carbocycles. The summed E-state index contributed by atoms with van der Waals surface area (Å²) in [7, 11) is 0. The lowest BCUT2D eigenvalue weighted by atomic mass is 10.1. The molecule has 0 radical (unpaired) electrons. The smallest absolute Gasteiger partial charge is 0.442 e. The van der Waals surface area contributed by atoms with Gasteiger partial charge in [0.25, 0.3) is 0 Å². The molecule has 0 unspecified atom stereocenters. The third kappa shape index (κ3) is 3.85. The molecule has 0 aliphatic heterocycles. The van der Waals surface area contributed by atoms with Crippen molar-refractivity contribution in [2.24, 2.45) is 17.3 Å². The molecule has 0 spiro atoms. The first-order valence-electron chi connectivity index (χ1n) is 7.80. The predicted octanol–water partition coefficient (Wildman–Crippen LogP) is 4.47. The summed E-state index contributed by atoms with van der Waals surface area (Å²) < 4.78 is 109. The molecule has 0 aromatic heterocycles. The van der Waals surface area contributed by atoms with Crippen LogP contribution in [0.2, 0.25) is 0 Å². The summed E-state index contributed by atoms with van der Waals surface area (Å²) in [6.07, 6.45) is -5.02. The van der Waals surface area contributed by atoms with Crippen molar-refractivity contribution >= 4 is 5.97 Å². The zero-order chi connectivity index (χ0) is 21.6. The van der Waals surface area contributed by atoms with E-state index in [1.54, 1.807) is 0 Å². The average Bonchev–Trinajstić information content (AvgIpc) is 3.13. The highest BCUT2D eigenvalue weighted by atomic mass is 19.4. The van der Waals surface area contributed by atoms with E-state index in [1.165, 1.54) is 13.8 Å². The molecule has 0 heterocycles. The molecule has 2 atom stereocenters. The van der Waals surface area contributed by atoms with Crippen molar-refractivity contribution in [2.45, 2.75) is 33.2 Å². The summed E-state index contributed by atoms with van der Waals surface area (Å²) in [5.41, 5.74) is -3.65. The van der Waals surface area contributed by atoms with E-state index >= 15 is 0 Å². The highest BCUT2D eigenvalue weighted by molar-refractivity contribution is 5.78. The number of hydrogen-bond donors (Lipinski definition) is 1. The number of aliphatic hydroxyl groups is 1. The highest BCUT2D eigenvalue weighted by Crippen LogP contribution is 2.60. The van der Waals surface area contributed by atoms with Gasteiger partial charge in [-0.2, -0.15) is 13.2 Å². The van der Waals surface area contributed by atoms with Crippen molar-refractivity contribution in [3.8, 4) is 0 Å². The van der Waals surface area contributed by atoms with Gasteiger partial charge in [0, 0.05) is 0 Å². The topological polar surface area (TPSA) is 46.5 Å². The molecular weight excluding hydrogens is 404 g/mol. The van der Waals surface area contributed by atoms with Gasteiger partial charge in [0.2, 0.25) is 0 Å². The first-order chi connectivity index (χ1) is 12.7. The monoisotopic (exact) mass is 418 g/mol. The van der Waals surface area contributed by atoms with Crippen molar-refractivity contribution in [3.63, 3.8) is 0 Å². The number of rotatable bonds is 5. The minimum absolute atomic E-state index is 0.211. The van der Waals surface area contributed by atoms with Gasteiger partial charge >= 0.3 is 12.1 Å². The fourth-order valence-electron chi connectivity index (χ4n) is 2.91. The van der Waals surface area contributed by atoms with E-state index in [0.717, 1.165) is 0 Å². The Morgan fingerprint density at radius 3 is 1.96 bits per heavy atom. The van der Waals surface area contributed by atoms with Crippen LogP contribution in [-0.4, -0.2) is 17.3 Å². The number of carbonyl (C=O) groups is 1. The van der Waals surface area contributed by atoms with Crippen LogP contribution < -0.4 is 0 Å². The second kappa shape index (κ2) is 7.34. The number of alkyl halides is 3. The molecule has 0 saturated heterocycles. The van der Waals surface area contributed by atoms with Crippen LogP contribution in [0, 0.1) is 40.5 Å². The van der Waals surface area contributed by atoms with E-state index in [1.807, 2.05) is 0 Å². The maximum absolute atomic E-state index is 13.8. The van der Waals surface area contributed by atoms with Gasteiger partial charge in [-0.15, -0.1) is 0 Å². The van der Waals surface area contributed by atoms with Gasteiger partial charge in [-0.1, -0.05) is 13.8 Å². The number of allylic oxidation sites excluding steroid dienone is 2. The number of benzene rings is 1. The van der Waals surface area contributed by atoms with Crippen molar-refractivity contribution in [2.75, 3.05) is 0 Å². The van der Waals surface area contributed by atoms with Gasteiger partial charge in [0.1, 0.15) is 6.61 Å². The second-order valence-electron chi connectivity index (χ2n) is 6.82. The minimum Gasteiger partial charge on any atom is -0.460 e. The normalized spacial score (nSPS) is 21.6. The quantitative estimate of drug-likeness (QED) is 0.436. The Hall–Kier alpha value is -2.17. The Kier molecular flexibility index (Phi) is 5.80. The summed E-state index contributed by atoms with van der Waals surface area (Å²) in [5, 5.41) is 8.74. The zero-order valence-electron chi connectivity index (χ0n) is 14.4. The molecule has 0 amide bonds. The molecule has 11 heteroatoms. The first-order valence-corrected chi connectivity index (χ1v) is 7.80. The lowest BCUT2D eigenvalue weighted by molar-refractivity contribution is -0.147. The van der Waals surface area contributed by atoms with Gasteiger partial charge in [-0.25, -0.2) is 22.0 Å². The van der Waals surface area contributed by atoms with Crippen LogP contribution in [0.25, 0.3) is 0 Å². The third-order valence-corrected chi connectivity index (χ3v) is 4.72. The van der Waals surface area contributed by atoms with E-state index in [0.29, 0.717) is 0 Å². The second-order valence-corrected chi connectivity index (χ2v) is 6.82. The van der Waals surface area contributed by atoms with E-state index in [4.69, 9.17) is 5.11 Å². The third-order valence-electron chi connectivity index (χ3n) is 4.72. The van der Waals surface area contributed by atoms with E-state index in [9.17, 15) is 39.9 Å². The number of esters is 1. The van der Waals surface area contributed by atoms with Crippen LogP contribution in [0.15, 0.2) is 11.9 Å². The largest absolute Gasteiger partial charge is 0.460 e. The summed E-state index contributed by atoms with van der Waals surface area (Å²) >= 11 is 0. The standard InChI is InChI=1S/C17H14F8O3/c1-16(2)8(3-9(18)17(23,24)25)10(16)15(27)28-5-7-13(21)11(19)6(4-26)12(20)14(7)22/h3,8,10,26H,4-5H2,1-2H3/t8-,10-/m0/s1.